The Labute approximate surface area is 112 Å². The van der Waals surface area contributed by atoms with Crippen molar-refractivity contribution < 1.29 is 20.1 Å². The van der Waals surface area contributed by atoms with Crippen LogP contribution in [0, 0.1) is 3.57 Å². The summed E-state index contributed by atoms with van der Waals surface area (Å²) < 4.78 is 0.667. The zero-order valence-corrected chi connectivity index (χ0v) is 11.0. The van der Waals surface area contributed by atoms with Gasteiger partial charge in [-0.2, -0.15) is 0 Å². The SMILES string of the molecule is O=C(c1ccc(I)c(O)c1)N1CC(O)C(O)C1. The molecule has 2 unspecified atom stereocenters. The number of phenolic OH excluding ortho intramolecular Hbond substituents is 1. The summed E-state index contributed by atoms with van der Waals surface area (Å²) in [6.45, 7) is 0.236. The molecule has 2 rings (SSSR count). The fourth-order valence-corrected chi connectivity index (χ4v) is 2.10. The largest absolute Gasteiger partial charge is 0.507 e. The zero-order valence-electron chi connectivity index (χ0n) is 8.88. The maximum absolute atomic E-state index is 12.0. The maximum Gasteiger partial charge on any atom is 0.254 e. The molecule has 1 aromatic rings. The minimum Gasteiger partial charge on any atom is -0.507 e. The van der Waals surface area contributed by atoms with Crippen LogP contribution < -0.4 is 0 Å². The third-order valence-corrected chi connectivity index (χ3v) is 3.65. The second kappa shape index (κ2) is 4.79. The van der Waals surface area contributed by atoms with E-state index in [0.29, 0.717) is 9.13 Å². The smallest absolute Gasteiger partial charge is 0.254 e. The van der Waals surface area contributed by atoms with E-state index in [1.54, 1.807) is 12.1 Å². The van der Waals surface area contributed by atoms with Gasteiger partial charge in [0.15, 0.2) is 0 Å². The fraction of sp³-hybridized carbons (Fsp3) is 0.364. The van der Waals surface area contributed by atoms with Crippen molar-refractivity contribution in [2.75, 3.05) is 13.1 Å². The first kappa shape index (κ1) is 12.6. The van der Waals surface area contributed by atoms with E-state index < -0.39 is 12.2 Å². The molecule has 1 fully saturated rings. The molecule has 6 heteroatoms. The number of aliphatic hydroxyl groups is 2. The molecule has 0 spiro atoms. The zero-order chi connectivity index (χ0) is 12.6. The summed E-state index contributed by atoms with van der Waals surface area (Å²) in [7, 11) is 0. The predicted molar refractivity (Wildman–Crippen MR) is 68.7 cm³/mol. The van der Waals surface area contributed by atoms with Gasteiger partial charge in [0.05, 0.1) is 15.8 Å². The van der Waals surface area contributed by atoms with Crippen LogP contribution >= 0.6 is 22.6 Å². The van der Waals surface area contributed by atoms with Gasteiger partial charge in [-0.25, -0.2) is 0 Å². The van der Waals surface area contributed by atoms with E-state index in [4.69, 9.17) is 0 Å². The van der Waals surface area contributed by atoms with Gasteiger partial charge in [0.1, 0.15) is 5.75 Å². The van der Waals surface area contributed by atoms with Crippen molar-refractivity contribution in [3.8, 4) is 5.75 Å². The molecule has 1 aromatic carbocycles. The van der Waals surface area contributed by atoms with Crippen molar-refractivity contribution in [3.63, 3.8) is 0 Å². The quantitative estimate of drug-likeness (QED) is 0.632. The number of amides is 1. The molecular formula is C11H12INO4. The average Bonchev–Trinajstić information content (AvgIpc) is 2.62. The minimum atomic E-state index is -0.892. The summed E-state index contributed by atoms with van der Waals surface area (Å²) in [6, 6.07) is 4.65. The number of hydrogen-bond donors (Lipinski definition) is 3. The molecular weight excluding hydrogens is 337 g/mol. The van der Waals surface area contributed by atoms with Gasteiger partial charge in [0.25, 0.3) is 5.91 Å². The second-order valence-corrected chi connectivity index (χ2v) is 5.17. The number of aliphatic hydroxyl groups excluding tert-OH is 2. The van der Waals surface area contributed by atoms with Crippen molar-refractivity contribution in [1.82, 2.24) is 4.90 Å². The molecule has 17 heavy (non-hydrogen) atoms. The number of nitrogens with zero attached hydrogens (tertiary/aromatic N) is 1. The molecule has 1 aliphatic rings. The van der Waals surface area contributed by atoms with E-state index in [2.05, 4.69) is 0 Å². The maximum atomic E-state index is 12.0. The van der Waals surface area contributed by atoms with E-state index in [1.807, 2.05) is 22.6 Å². The summed E-state index contributed by atoms with van der Waals surface area (Å²) in [5.41, 5.74) is 0.351. The number of aromatic hydroxyl groups is 1. The normalized spacial score (nSPS) is 24.1. The lowest BCUT2D eigenvalue weighted by Crippen LogP contribution is -2.29. The highest BCUT2D eigenvalue weighted by molar-refractivity contribution is 14.1. The standard InChI is InChI=1S/C11H12INO4/c12-7-2-1-6(3-8(7)14)11(17)13-4-9(15)10(16)5-13/h1-3,9-10,14-16H,4-5H2. The Morgan fingerprint density at radius 3 is 2.41 bits per heavy atom. The molecule has 1 heterocycles. The Balaban J connectivity index is 2.17. The van der Waals surface area contributed by atoms with Crippen LogP contribution in [0.3, 0.4) is 0 Å². The molecule has 1 amide bonds. The molecule has 0 bridgehead atoms. The Hall–Kier alpha value is -0.860. The van der Waals surface area contributed by atoms with Gasteiger partial charge in [0.2, 0.25) is 0 Å². The predicted octanol–water partition coefficient (Wildman–Crippen LogP) is 0.174. The van der Waals surface area contributed by atoms with E-state index in [1.165, 1.54) is 11.0 Å². The molecule has 3 N–H and O–H groups in total. The van der Waals surface area contributed by atoms with Gasteiger partial charge in [-0.3, -0.25) is 4.79 Å². The Kier molecular flexibility index (Phi) is 3.55. The average molecular weight is 349 g/mol. The van der Waals surface area contributed by atoms with Crippen molar-refractivity contribution in [1.29, 1.82) is 0 Å². The van der Waals surface area contributed by atoms with Gasteiger partial charge in [-0.1, -0.05) is 0 Å². The highest BCUT2D eigenvalue weighted by Gasteiger charge is 2.33. The Bertz CT molecular complexity index is 441. The van der Waals surface area contributed by atoms with Crippen molar-refractivity contribution in [2.24, 2.45) is 0 Å². The number of hydrogen-bond acceptors (Lipinski definition) is 4. The molecule has 92 valence electrons. The van der Waals surface area contributed by atoms with E-state index in [9.17, 15) is 20.1 Å². The van der Waals surface area contributed by atoms with Gasteiger partial charge in [-0.15, -0.1) is 0 Å². The molecule has 5 nitrogen and oxygen atoms in total. The molecule has 0 saturated carbocycles. The number of β-amino-alcohol motifs (C(OH)–C–C–N with tert-alkyl or cyclic N) is 2. The van der Waals surface area contributed by atoms with Crippen LogP contribution in [0.1, 0.15) is 10.4 Å². The first-order valence-corrected chi connectivity index (χ1v) is 6.21. The van der Waals surface area contributed by atoms with Gasteiger partial charge < -0.3 is 20.2 Å². The van der Waals surface area contributed by atoms with Gasteiger partial charge in [-0.05, 0) is 40.8 Å². The van der Waals surface area contributed by atoms with Gasteiger partial charge >= 0.3 is 0 Å². The van der Waals surface area contributed by atoms with Crippen LogP contribution in [0.25, 0.3) is 0 Å². The summed E-state index contributed by atoms with van der Waals surface area (Å²) in [6.07, 6.45) is -1.78. The number of carbonyl (C=O) groups is 1. The molecule has 0 aromatic heterocycles. The lowest BCUT2D eigenvalue weighted by molar-refractivity contribution is 0.0572. The fourth-order valence-electron chi connectivity index (χ4n) is 1.76. The topological polar surface area (TPSA) is 81.0 Å². The summed E-state index contributed by atoms with van der Waals surface area (Å²) >= 11 is 1.96. The molecule has 1 saturated heterocycles. The number of benzene rings is 1. The van der Waals surface area contributed by atoms with Crippen molar-refractivity contribution in [3.05, 3.63) is 27.3 Å². The lowest BCUT2D eigenvalue weighted by atomic mass is 10.2. The minimum absolute atomic E-state index is 0.0525. The van der Waals surface area contributed by atoms with E-state index in [-0.39, 0.29) is 24.7 Å². The van der Waals surface area contributed by atoms with Crippen LogP contribution in [0.4, 0.5) is 0 Å². The third kappa shape index (κ3) is 2.53. The highest BCUT2D eigenvalue weighted by atomic mass is 127. The second-order valence-electron chi connectivity index (χ2n) is 4.01. The van der Waals surface area contributed by atoms with Crippen LogP contribution in [0.2, 0.25) is 0 Å². The van der Waals surface area contributed by atoms with E-state index in [0.717, 1.165) is 0 Å². The first-order chi connectivity index (χ1) is 7.99. The molecule has 1 aliphatic heterocycles. The molecule has 2 atom stereocenters. The summed E-state index contributed by atoms with van der Waals surface area (Å²) in [5.74, 6) is -0.246. The Morgan fingerprint density at radius 1 is 1.29 bits per heavy atom. The lowest BCUT2D eigenvalue weighted by Gasteiger charge is -2.15. The van der Waals surface area contributed by atoms with Crippen LogP contribution in [-0.2, 0) is 0 Å². The van der Waals surface area contributed by atoms with Crippen molar-refractivity contribution in [2.45, 2.75) is 12.2 Å². The number of rotatable bonds is 1. The van der Waals surface area contributed by atoms with Crippen LogP contribution in [-0.4, -0.2) is 51.4 Å². The third-order valence-electron chi connectivity index (χ3n) is 2.74. The number of phenols is 1. The Morgan fingerprint density at radius 2 is 1.88 bits per heavy atom. The summed E-state index contributed by atoms with van der Waals surface area (Å²) in [5, 5.41) is 28.3. The highest BCUT2D eigenvalue weighted by Crippen LogP contribution is 2.22. The van der Waals surface area contributed by atoms with E-state index >= 15 is 0 Å². The first-order valence-electron chi connectivity index (χ1n) is 5.13. The van der Waals surface area contributed by atoms with Crippen molar-refractivity contribution >= 4 is 28.5 Å². The van der Waals surface area contributed by atoms with Crippen LogP contribution in [0.15, 0.2) is 18.2 Å². The van der Waals surface area contributed by atoms with Crippen LogP contribution in [0.5, 0.6) is 5.75 Å². The number of likely N-dealkylation sites (tertiary alicyclic amines) is 1. The van der Waals surface area contributed by atoms with Gasteiger partial charge in [0, 0.05) is 18.7 Å². The number of halogens is 1. The summed E-state index contributed by atoms with van der Waals surface area (Å²) in [4.78, 5) is 13.4. The number of carbonyl (C=O) groups excluding carboxylic acids is 1. The monoisotopic (exact) mass is 349 g/mol. The molecule has 0 aliphatic carbocycles. The molecule has 0 radical (unpaired) electrons.